The van der Waals surface area contributed by atoms with Gasteiger partial charge in [0.2, 0.25) is 0 Å². The maximum Gasteiger partial charge on any atom is 0.343 e. The molecule has 0 N–H and O–H groups in total. The summed E-state index contributed by atoms with van der Waals surface area (Å²) < 4.78 is 23.3. The molecule has 1 saturated heterocycles. The van der Waals surface area contributed by atoms with Gasteiger partial charge in [0.05, 0.1) is 25.4 Å². The first kappa shape index (κ1) is 29.2. The van der Waals surface area contributed by atoms with Crippen LogP contribution in [0.15, 0.2) is 48.5 Å². The number of hydrogen-bond acceptors (Lipinski definition) is 5. The molecule has 0 radical (unpaired) electrons. The summed E-state index contributed by atoms with van der Waals surface area (Å²) in [7, 11) is 0. The van der Waals surface area contributed by atoms with E-state index in [4.69, 9.17) is 18.9 Å². The number of carbonyl (C=O) groups is 1. The molecular formula is C32H46O5. The quantitative estimate of drug-likeness (QED) is 0.129. The van der Waals surface area contributed by atoms with Crippen molar-refractivity contribution in [3.8, 4) is 11.5 Å². The summed E-state index contributed by atoms with van der Waals surface area (Å²) in [5, 5.41) is 0. The Morgan fingerprint density at radius 2 is 1.43 bits per heavy atom. The van der Waals surface area contributed by atoms with Gasteiger partial charge in [-0.1, -0.05) is 90.7 Å². The van der Waals surface area contributed by atoms with Crippen molar-refractivity contribution in [3.63, 3.8) is 0 Å². The van der Waals surface area contributed by atoms with Crippen LogP contribution in [0.1, 0.15) is 107 Å². The van der Waals surface area contributed by atoms with Crippen LogP contribution in [-0.2, 0) is 9.47 Å². The van der Waals surface area contributed by atoms with Crippen molar-refractivity contribution in [3.05, 3.63) is 59.7 Å². The zero-order chi connectivity index (χ0) is 26.3. The molecule has 5 heteroatoms. The van der Waals surface area contributed by atoms with E-state index >= 15 is 0 Å². The van der Waals surface area contributed by atoms with E-state index in [0.29, 0.717) is 29.8 Å². The number of rotatable bonds is 16. The van der Waals surface area contributed by atoms with Crippen molar-refractivity contribution in [2.24, 2.45) is 11.8 Å². The average Bonchev–Trinajstić information content (AvgIpc) is 2.94. The van der Waals surface area contributed by atoms with Crippen molar-refractivity contribution in [2.75, 3.05) is 19.8 Å². The first-order valence-corrected chi connectivity index (χ1v) is 14.4. The summed E-state index contributed by atoms with van der Waals surface area (Å²) in [4.78, 5) is 12.6. The predicted molar refractivity (Wildman–Crippen MR) is 148 cm³/mol. The molecule has 0 aromatic heterocycles. The Balaban J connectivity index is 1.35. The van der Waals surface area contributed by atoms with Gasteiger partial charge in [-0.25, -0.2) is 4.79 Å². The van der Waals surface area contributed by atoms with Crippen LogP contribution in [0.2, 0.25) is 0 Å². The molecule has 3 rings (SSSR count). The Kier molecular flexibility index (Phi) is 13.0. The molecule has 1 heterocycles. The average molecular weight is 511 g/mol. The monoisotopic (exact) mass is 510 g/mol. The molecule has 0 aliphatic carbocycles. The summed E-state index contributed by atoms with van der Waals surface area (Å²) in [5.74, 6) is 1.85. The fourth-order valence-corrected chi connectivity index (χ4v) is 4.37. The van der Waals surface area contributed by atoms with E-state index < -0.39 is 5.97 Å². The van der Waals surface area contributed by atoms with E-state index in [1.54, 1.807) is 24.3 Å². The van der Waals surface area contributed by atoms with Crippen LogP contribution in [0, 0.1) is 11.8 Å². The SMILES string of the molecule is CCCCCCCCCCC1COC(c2ccc(C(=O)Oc3ccc(OCC(C)CC)cc3)cc2)OC1. The Morgan fingerprint density at radius 3 is 2.05 bits per heavy atom. The van der Waals surface area contributed by atoms with Gasteiger partial charge in [0.1, 0.15) is 11.5 Å². The van der Waals surface area contributed by atoms with Crippen molar-refractivity contribution in [1.82, 2.24) is 0 Å². The highest BCUT2D eigenvalue weighted by atomic mass is 16.7. The van der Waals surface area contributed by atoms with Crippen molar-refractivity contribution in [2.45, 2.75) is 91.3 Å². The molecule has 0 bridgehead atoms. The van der Waals surface area contributed by atoms with Gasteiger partial charge in [-0.05, 0) is 48.7 Å². The summed E-state index contributed by atoms with van der Waals surface area (Å²) in [6.07, 6.45) is 12.6. The second kappa shape index (κ2) is 16.5. The standard InChI is InChI=1S/C32H46O5/c1-4-6-7-8-9-10-11-12-13-26-23-35-32(36-24-26)28-16-14-27(15-17-28)31(33)37-30-20-18-29(19-21-30)34-22-25(3)5-2/h14-21,25-26,32H,4-13,22-24H2,1-3H3. The number of hydrogen-bond donors (Lipinski definition) is 0. The molecule has 1 aliphatic heterocycles. The lowest BCUT2D eigenvalue weighted by atomic mass is 10.0. The molecule has 2 aromatic rings. The van der Waals surface area contributed by atoms with Gasteiger partial charge in [0.25, 0.3) is 0 Å². The minimum absolute atomic E-state index is 0.372. The van der Waals surface area contributed by atoms with Gasteiger partial charge in [0.15, 0.2) is 6.29 Å². The van der Waals surface area contributed by atoms with E-state index in [-0.39, 0.29) is 6.29 Å². The Hall–Kier alpha value is -2.37. The van der Waals surface area contributed by atoms with Crippen LogP contribution in [0.25, 0.3) is 0 Å². The lowest BCUT2D eigenvalue weighted by molar-refractivity contribution is -0.206. The third kappa shape index (κ3) is 10.5. The largest absolute Gasteiger partial charge is 0.493 e. The molecule has 0 amide bonds. The molecule has 1 unspecified atom stereocenters. The summed E-state index contributed by atoms with van der Waals surface area (Å²) in [6.45, 7) is 8.69. The molecular weight excluding hydrogens is 464 g/mol. The highest BCUT2D eigenvalue weighted by Gasteiger charge is 2.23. The Labute approximate surface area is 223 Å². The molecule has 2 aromatic carbocycles. The maximum absolute atomic E-state index is 12.6. The molecule has 1 fully saturated rings. The molecule has 0 saturated carbocycles. The molecule has 5 nitrogen and oxygen atoms in total. The fraction of sp³-hybridized carbons (Fsp3) is 0.594. The highest BCUT2D eigenvalue weighted by molar-refractivity contribution is 5.91. The first-order chi connectivity index (χ1) is 18.1. The minimum Gasteiger partial charge on any atom is -0.493 e. The number of esters is 1. The summed E-state index contributed by atoms with van der Waals surface area (Å²) in [5.41, 5.74) is 1.41. The molecule has 204 valence electrons. The van der Waals surface area contributed by atoms with Gasteiger partial charge in [-0.15, -0.1) is 0 Å². The predicted octanol–water partition coefficient (Wildman–Crippen LogP) is 8.52. The second-order valence-electron chi connectivity index (χ2n) is 10.4. The molecule has 37 heavy (non-hydrogen) atoms. The van der Waals surface area contributed by atoms with Gasteiger partial charge in [-0.2, -0.15) is 0 Å². The van der Waals surface area contributed by atoms with E-state index in [9.17, 15) is 4.79 Å². The van der Waals surface area contributed by atoms with E-state index in [0.717, 1.165) is 37.4 Å². The minimum atomic E-state index is -0.393. The lowest BCUT2D eigenvalue weighted by Gasteiger charge is -2.29. The van der Waals surface area contributed by atoms with Gasteiger partial charge >= 0.3 is 5.97 Å². The smallest absolute Gasteiger partial charge is 0.343 e. The lowest BCUT2D eigenvalue weighted by Crippen LogP contribution is -2.27. The number of benzene rings is 2. The van der Waals surface area contributed by atoms with Crippen molar-refractivity contribution >= 4 is 5.97 Å². The zero-order valence-electron chi connectivity index (χ0n) is 23.1. The maximum atomic E-state index is 12.6. The van der Waals surface area contributed by atoms with Crippen LogP contribution < -0.4 is 9.47 Å². The third-order valence-electron chi connectivity index (χ3n) is 7.12. The van der Waals surface area contributed by atoms with Gasteiger partial charge in [0, 0.05) is 11.5 Å². The van der Waals surface area contributed by atoms with Crippen LogP contribution in [0.4, 0.5) is 0 Å². The normalized spacial score (nSPS) is 18.4. The summed E-state index contributed by atoms with van der Waals surface area (Å²) in [6, 6.07) is 14.5. The zero-order valence-corrected chi connectivity index (χ0v) is 23.1. The third-order valence-corrected chi connectivity index (χ3v) is 7.12. The van der Waals surface area contributed by atoms with E-state index in [1.165, 1.54) is 51.4 Å². The van der Waals surface area contributed by atoms with Crippen LogP contribution in [-0.4, -0.2) is 25.8 Å². The highest BCUT2D eigenvalue weighted by Crippen LogP contribution is 2.28. The van der Waals surface area contributed by atoms with E-state index in [2.05, 4.69) is 20.8 Å². The van der Waals surface area contributed by atoms with Gasteiger partial charge in [-0.3, -0.25) is 0 Å². The van der Waals surface area contributed by atoms with Crippen LogP contribution in [0.5, 0.6) is 11.5 Å². The van der Waals surface area contributed by atoms with Crippen molar-refractivity contribution in [1.29, 1.82) is 0 Å². The van der Waals surface area contributed by atoms with Gasteiger partial charge < -0.3 is 18.9 Å². The van der Waals surface area contributed by atoms with Crippen LogP contribution in [0.3, 0.4) is 0 Å². The topological polar surface area (TPSA) is 54.0 Å². The Bertz CT molecular complexity index is 884. The molecule has 1 atom stereocenters. The number of ether oxygens (including phenoxy) is 4. The number of unbranched alkanes of at least 4 members (excludes halogenated alkanes) is 7. The summed E-state index contributed by atoms with van der Waals surface area (Å²) >= 11 is 0. The molecule has 1 aliphatic rings. The second-order valence-corrected chi connectivity index (χ2v) is 10.4. The molecule has 0 spiro atoms. The first-order valence-electron chi connectivity index (χ1n) is 14.4. The Morgan fingerprint density at radius 1 is 0.838 bits per heavy atom. The number of carbonyl (C=O) groups excluding carboxylic acids is 1. The van der Waals surface area contributed by atoms with E-state index in [1.807, 2.05) is 24.3 Å². The van der Waals surface area contributed by atoms with Crippen molar-refractivity contribution < 1.29 is 23.7 Å². The van der Waals surface area contributed by atoms with Crippen LogP contribution >= 0.6 is 0 Å². The fourth-order valence-electron chi connectivity index (χ4n) is 4.37.